The van der Waals surface area contributed by atoms with Crippen molar-refractivity contribution in [2.75, 3.05) is 7.11 Å². The molecule has 2 N–H and O–H groups in total. The average molecular weight is 166 g/mol. The molecule has 1 aromatic rings. The number of carbonyl (C=O) groups is 1. The predicted molar refractivity (Wildman–Crippen MR) is 43.2 cm³/mol. The molecular weight excluding hydrogens is 156 g/mol. The monoisotopic (exact) mass is 166 g/mol. The van der Waals surface area contributed by atoms with Crippen LogP contribution in [0.25, 0.3) is 0 Å². The van der Waals surface area contributed by atoms with Crippen molar-refractivity contribution in [2.24, 2.45) is 5.73 Å². The number of esters is 1. The van der Waals surface area contributed by atoms with Crippen LogP contribution in [0.3, 0.4) is 0 Å². The number of nitrogens with two attached hydrogens (primary N) is 1. The van der Waals surface area contributed by atoms with Gasteiger partial charge in [-0.25, -0.2) is 4.79 Å². The van der Waals surface area contributed by atoms with Crippen molar-refractivity contribution in [3.8, 4) is 0 Å². The van der Waals surface area contributed by atoms with Crippen LogP contribution in [0.5, 0.6) is 0 Å². The molecule has 1 rings (SSSR count). The molecule has 0 saturated carbocycles. The molecule has 0 amide bonds. The molecule has 0 aromatic carbocycles. The lowest BCUT2D eigenvalue weighted by Gasteiger charge is -2.06. The smallest absolute Gasteiger partial charge is 0.328 e. The van der Waals surface area contributed by atoms with E-state index in [1.807, 2.05) is 0 Å². The lowest BCUT2D eigenvalue weighted by molar-refractivity contribution is -0.142. The molecule has 0 aliphatic heterocycles. The molecule has 1 atom stereocenters. The summed E-state index contributed by atoms with van der Waals surface area (Å²) in [7, 11) is 1.30. The fraction of sp³-hybridized carbons (Fsp3) is 0.250. The minimum absolute atomic E-state index is 0.478. The molecule has 0 fully saturated rings. The minimum Gasteiger partial charge on any atom is -0.468 e. The molecule has 0 aliphatic rings. The Balaban J connectivity index is 2.78. The standard InChI is InChI=1S/C8H10N2O2/c1-12-8(11)7(9)6-4-2-3-5-10-6/h2-5,7H,9H2,1H3/t7-/m1/s1. The number of nitrogens with zero attached hydrogens (tertiary/aromatic N) is 1. The van der Waals surface area contributed by atoms with Gasteiger partial charge in [-0.2, -0.15) is 0 Å². The maximum absolute atomic E-state index is 10.9. The van der Waals surface area contributed by atoms with Crippen LogP contribution >= 0.6 is 0 Å². The van der Waals surface area contributed by atoms with E-state index in [9.17, 15) is 4.79 Å². The largest absolute Gasteiger partial charge is 0.468 e. The first-order valence-corrected chi connectivity index (χ1v) is 3.50. The number of hydrogen-bond donors (Lipinski definition) is 1. The Kier molecular flexibility index (Phi) is 2.76. The highest BCUT2D eigenvalue weighted by Crippen LogP contribution is 2.06. The Labute approximate surface area is 70.4 Å². The highest BCUT2D eigenvalue weighted by Gasteiger charge is 2.16. The van der Waals surface area contributed by atoms with Gasteiger partial charge >= 0.3 is 5.97 Å². The van der Waals surface area contributed by atoms with E-state index >= 15 is 0 Å². The third-order valence-electron chi connectivity index (χ3n) is 1.46. The predicted octanol–water partition coefficient (Wildman–Crippen LogP) is 0.254. The molecule has 12 heavy (non-hydrogen) atoms. The summed E-state index contributed by atoms with van der Waals surface area (Å²) in [6, 6.07) is 4.43. The van der Waals surface area contributed by atoms with Gasteiger partial charge in [-0.3, -0.25) is 4.98 Å². The van der Waals surface area contributed by atoms with Gasteiger partial charge in [0.1, 0.15) is 6.04 Å². The number of methoxy groups -OCH3 is 1. The number of aromatic nitrogens is 1. The van der Waals surface area contributed by atoms with Crippen molar-refractivity contribution in [3.05, 3.63) is 30.1 Å². The fourth-order valence-corrected chi connectivity index (χ4v) is 0.808. The molecular formula is C8H10N2O2. The van der Waals surface area contributed by atoms with Crippen LogP contribution < -0.4 is 5.73 Å². The van der Waals surface area contributed by atoms with E-state index in [-0.39, 0.29) is 0 Å². The lowest BCUT2D eigenvalue weighted by atomic mass is 10.2. The second kappa shape index (κ2) is 3.82. The number of carbonyl (C=O) groups excluding carboxylic acids is 1. The lowest BCUT2D eigenvalue weighted by Crippen LogP contribution is -2.23. The van der Waals surface area contributed by atoms with E-state index < -0.39 is 12.0 Å². The molecule has 0 unspecified atom stereocenters. The van der Waals surface area contributed by atoms with E-state index in [2.05, 4.69) is 9.72 Å². The molecule has 0 bridgehead atoms. The molecule has 0 radical (unpaired) electrons. The summed E-state index contributed by atoms with van der Waals surface area (Å²) in [4.78, 5) is 14.8. The van der Waals surface area contributed by atoms with E-state index in [1.54, 1.807) is 24.4 Å². The summed E-state index contributed by atoms with van der Waals surface area (Å²) >= 11 is 0. The Morgan fingerprint density at radius 3 is 2.92 bits per heavy atom. The van der Waals surface area contributed by atoms with Crippen molar-refractivity contribution in [3.63, 3.8) is 0 Å². The molecule has 0 aliphatic carbocycles. The van der Waals surface area contributed by atoms with Crippen LogP contribution in [0.15, 0.2) is 24.4 Å². The van der Waals surface area contributed by atoms with Crippen LogP contribution in [-0.4, -0.2) is 18.1 Å². The summed E-state index contributed by atoms with van der Waals surface area (Å²) in [6.07, 6.45) is 1.58. The van der Waals surface area contributed by atoms with Crippen LogP contribution in [0, 0.1) is 0 Å². The quantitative estimate of drug-likeness (QED) is 0.640. The number of pyridine rings is 1. The van der Waals surface area contributed by atoms with Crippen LogP contribution in [0.1, 0.15) is 11.7 Å². The fourth-order valence-electron chi connectivity index (χ4n) is 0.808. The SMILES string of the molecule is COC(=O)[C@H](N)c1ccccn1. The summed E-state index contributed by atoms with van der Waals surface area (Å²) < 4.78 is 4.46. The van der Waals surface area contributed by atoms with Crippen molar-refractivity contribution in [1.29, 1.82) is 0 Å². The summed E-state index contributed by atoms with van der Waals surface area (Å²) in [5.41, 5.74) is 6.03. The first kappa shape index (κ1) is 8.67. The third-order valence-corrected chi connectivity index (χ3v) is 1.46. The zero-order valence-corrected chi connectivity index (χ0v) is 6.73. The summed E-state index contributed by atoms with van der Waals surface area (Å²) in [5.74, 6) is -0.478. The highest BCUT2D eigenvalue weighted by atomic mass is 16.5. The van der Waals surface area contributed by atoms with Gasteiger partial charge in [-0.05, 0) is 12.1 Å². The molecule has 0 saturated heterocycles. The Morgan fingerprint density at radius 2 is 2.42 bits per heavy atom. The highest BCUT2D eigenvalue weighted by molar-refractivity contribution is 5.76. The first-order chi connectivity index (χ1) is 5.75. The van der Waals surface area contributed by atoms with E-state index in [0.717, 1.165) is 0 Å². The van der Waals surface area contributed by atoms with Gasteiger partial charge in [0, 0.05) is 6.20 Å². The zero-order chi connectivity index (χ0) is 8.97. The molecule has 1 aromatic heterocycles. The van der Waals surface area contributed by atoms with Gasteiger partial charge in [-0.1, -0.05) is 6.07 Å². The Hall–Kier alpha value is -1.42. The second-order valence-electron chi connectivity index (χ2n) is 2.26. The zero-order valence-electron chi connectivity index (χ0n) is 6.73. The average Bonchev–Trinajstić information content (AvgIpc) is 2.17. The normalized spacial score (nSPS) is 12.2. The van der Waals surface area contributed by atoms with Crippen molar-refractivity contribution < 1.29 is 9.53 Å². The third kappa shape index (κ3) is 1.79. The number of ether oxygens (including phenoxy) is 1. The first-order valence-electron chi connectivity index (χ1n) is 3.50. The van der Waals surface area contributed by atoms with Gasteiger partial charge in [0.05, 0.1) is 12.8 Å². The van der Waals surface area contributed by atoms with Crippen molar-refractivity contribution >= 4 is 5.97 Å². The molecule has 64 valence electrons. The van der Waals surface area contributed by atoms with Crippen molar-refractivity contribution in [2.45, 2.75) is 6.04 Å². The van der Waals surface area contributed by atoms with Crippen LogP contribution in [-0.2, 0) is 9.53 Å². The maximum Gasteiger partial charge on any atom is 0.328 e. The van der Waals surface area contributed by atoms with E-state index in [0.29, 0.717) is 5.69 Å². The van der Waals surface area contributed by atoms with Crippen molar-refractivity contribution in [1.82, 2.24) is 4.98 Å². The van der Waals surface area contributed by atoms with Crippen LogP contribution in [0.2, 0.25) is 0 Å². The molecule has 0 spiro atoms. The van der Waals surface area contributed by atoms with Gasteiger partial charge < -0.3 is 10.5 Å². The summed E-state index contributed by atoms with van der Waals surface area (Å²) in [6.45, 7) is 0. The number of hydrogen-bond acceptors (Lipinski definition) is 4. The minimum atomic E-state index is -0.781. The maximum atomic E-state index is 10.9. The van der Waals surface area contributed by atoms with Crippen LogP contribution in [0.4, 0.5) is 0 Å². The Bertz CT molecular complexity index is 261. The van der Waals surface area contributed by atoms with E-state index in [4.69, 9.17) is 5.73 Å². The molecule has 4 heteroatoms. The molecule has 1 heterocycles. The topological polar surface area (TPSA) is 65.2 Å². The van der Waals surface area contributed by atoms with Gasteiger partial charge in [0.2, 0.25) is 0 Å². The number of rotatable bonds is 2. The molecule has 4 nitrogen and oxygen atoms in total. The van der Waals surface area contributed by atoms with E-state index in [1.165, 1.54) is 7.11 Å². The second-order valence-corrected chi connectivity index (χ2v) is 2.26. The van der Waals surface area contributed by atoms with Gasteiger partial charge in [0.25, 0.3) is 0 Å². The van der Waals surface area contributed by atoms with Gasteiger partial charge in [-0.15, -0.1) is 0 Å². The Morgan fingerprint density at radius 1 is 1.67 bits per heavy atom. The van der Waals surface area contributed by atoms with Gasteiger partial charge in [0.15, 0.2) is 0 Å². The summed E-state index contributed by atoms with van der Waals surface area (Å²) in [5, 5.41) is 0.